The number of hydrogen-bond donors (Lipinski definition) is 0. The zero-order chi connectivity index (χ0) is 8.32. The van der Waals surface area contributed by atoms with Crippen LogP contribution < -0.4 is 0 Å². The van der Waals surface area contributed by atoms with E-state index in [0.29, 0.717) is 0 Å². The molecule has 0 spiro atoms. The molecule has 0 aromatic rings. The second kappa shape index (κ2) is 3.57. The lowest BCUT2D eigenvalue weighted by Gasteiger charge is -2.19. The molecule has 1 aliphatic carbocycles. The summed E-state index contributed by atoms with van der Waals surface area (Å²) in [5.41, 5.74) is 0.762. The summed E-state index contributed by atoms with van der Waals surface area (Å²) in [6, 6.07) is 0. The van der Waals surface area contributed by atoms with Gasteiger partial charge in [-0.25, -0.2) is 0 Å². The van der Waals surface area contributed by atoms with Gasteiger partial charge in [-0.2, -0.15) is 0 Å². The van der Waals surface area contributed by atoms with Crippen LogP contribution in [0.2, 0.25) is 0 Å². The molecule has 2 atom stereocenters. The third-order valence-electron chi connectivity index (χ3n) is 3.13. The minimum Gasteiger partial charge on any atom is -0.381 e. The molecule has 1 saturated heterocycles. The highest BCUT2D eigenvalue weighted by Gasteiger charge is 2.53. The smallest absolute Gasteiger partial charge is 0.0499 e. The van der Waals surface area contributed by atoms with Gasteiger partial charge in [0.2, 0.25) is 0 Å². The summed E-state index contributed by atoms with van der Waals surface area (Å²) in [5, 5.41) is 0. The monoisotopic (exact) mass is 156 g/mol. The standard InChI is InChI=1S/C8H14O.C2H6/c1-2-8-3-4-9-6-7(8)5-8;1-2/h7H,2-6H2,1H3;1-2H3. The molecule has 0 aromatic heterocycles. The summed E-state index contributed by atoms with van der Waals surface area (Å²) in [6.07, 6.45) is 4.15. The van der Waals surface area contributed by atoms with Crippen LogP contribution in [0.4, 0.5) is 0 Å². The number of ether oxygens (including phenoxy) is 1. The molecule has 0 radical (unpaired) electrons. The number of rotatable bonds is 1. The maximum absolute atomic E-state index is 5.35. The van der Waals surface area contributed by atoms with E-state index in [1.807, 2.05) is 13.8 Å². The van der Waals surface area contributed by atoms with Gasteiger partial charge in [-0.15, -0.1) is 0 Å². The molecule has 0 bridgehead atoms. The summed E-state index contributed by atoms with van der Waals surface area (Å²) < 4.78 is 5.35. The molecule has 1 aliphatic heterocycles. The summed E-state index contributed by atoms with van der Waals surface area (Å²) in [4.78, 5) is 0. The van der Waals surface area contributed by atoms with Crippen LogP contribution in [-0.4, -0.2) is 13.2 Å². The van der Waals surface area contributed by atoms with Crippen molar-refractivity contribution in [2.45, 2.75) is 40.0 Å². The van der Waals surface area contributed by atoms with Crippen molar-refractivity contribution < 1.29 is 4.74 Å². The lowest BCUT2D eigenvalue weighted by Crippen LogP contribution is -2.16. The van der Waals surface area contributed by atoms with Crippen LogP contribution >= 0.6 is 0 Å². The maximum atomic E-state index is 5.35. The summed E-state index contributed by atoms with van der Waals surface area (Å²) in [6.45, 7) is 8.38. The topological polar surface area (TPSA) is 9.23 Å². The number of fused-ring (bicyclic) bond motifs is 1. The van der Waals surface area contributed by atoms with Crippen LogP contribution in [-0.2, 0) is 4.74 Å². The molecule has 66 valence electrons. The third kappa shape index (κ3) is 1.58. The lowest BCUT2D eigenvalue weighted by atomic mass is 9.95. The van der Waals surface area contributed by atoms with E-state index in [4.69, 9.17) is 4.74 Å². The molecule has 2 unspecified atom stereocenters. The predicted octanol–water partition coefficient (Wildman–Crippen LogP) is 2.85. The SMILES string of the molecule is CC.CCC12CCOCC1C2. The van der Waals surface area contributed by atoms with Crippen LogP contribution in [0.5, 0.6) is 0 Å². The Kier molecular flexibility index (Phi) is 2.94. The van der Waals surface area contributed by atoms with Gasteiger partial charge in [0, 0.05) is 13.2 Å². The van der Waals surface area contributed by atoms with Gasteiger partial charge < -0.3 is 4.74 Å². The molecule has 11 heavy (non-hydrogen) atoms. The van der Waals surface area contributed by atoms with Crippen molar-refractivity contribution >= 4 is 0 Å². The average Bonchev–Trinajstić information content (AvgIpc) is 2.83. The Hall–Kier alpha value is -0.0400. The van der Waals surface area contributed by atoms with Gasteiger partial charge in [0.25, 0.3) is 0 Å². The fourth-order valence-electron chi connectivity index (χ4n) is 2.08. The minimum atomic E-state index is 0.762. The van der Waals surface area contributed by atoms with Crippen LogP contribution in [0.15, 0.2) is 0 Å². The second-order valence-electron chi connectivity index (χ2n) is 3.44. The second-order valence-corrected chi connectivity index (χ2v) is 3.44. The minimum absolute atomic E-state index is 0.762. The highest BCUT2D eigenvalue weighted by atomic mass is 16.5. The third-order valence-corrected chi connectivity index (χ3v) is 3.13. The zero-order valence-corrected chi connectivity index (χ0v) is 8.02. The molecular formula is C10H20O. The zero-order valence-electron chi connectivity index (χ0n) is 8.02. The Morgan fingerprint density at radius 2 is 2.18 bits per heavy atom. The van der Waals surface area contributed by atoms with E-state index in [1.165, 1.54) is 19.3 Å². The molecule has 2 fully saturated rings. The van der Waals surface area contributed by atoms with E-state index >= 15 is 0 Å². The molecule has 0 amide bonds. The Morgan fingerprint density at radius 1 is 1.45 bits per heavy atom. The summed E-state index contributed by atoms with van der Waals surface area (Å²) in [5.74, 6) is 0.941. The highest BCUT2D eigenvalue weighted by molar-refractivity contribution is 5.02. The average molecular weight is 156 g/mol. The normalized spacial score (nSPS) is 40.1. The Labute approximate surface area is 70.1 Å². The first kappa shape index (κ1) is 9.05. The van der Waals surface area contributed by atoms with Gasteiger partial charge in [0.1, 0.15) is 0 Å². The first-order chi connectivity index (χ1) is 5.37. The van der Waals surface area contributed by atoms with Crippen LogP contribution in [0.3, 0.4) is 0 Å². The van der Waals surface area contributed by atoms with Gasteiger partial charge in [-0.1, -0.05) is 27.2 Å². The van der Waals surface area contributed by atoms with E-state index in [-0.39, 0.29) is 0 Å². The van der Waals surface area contributed by atoms with Crippen LogP contribution in [0.25, 0.3) is 0 Å². The fraction of sp³-hybridized carbons (Fsp3) is 1.00. The molecule has 1 saturated carbocycles. The molecule has 1 nitrogen and oxygen atoms in total. The van der Waals surface area contributed by atoms with E-state index in [2.05, 4.69) is 6.92 Å². The molecule has 1 heterocycles. The fourth-order valence-corrected chi connectivity index (χ4v) is 2.08. The molecule has 1 heteroatoms. The predicted molar refractivity (Wildman–Crippen MR) is 47.6 cm³/mol. The van der Waals surface area contributed by atoms with Crippen molar-refractivity contribution in [1.82, 2.24) is 0 Å². The Balaban J connectivity index is 0.000000281. The molecule has 0 N–H and O–H groups in total. The summed E-state index contributed by atoms with van der Waals surface area (Å²) >= 11 is 0. The van der Waals surface area contributed by atoms with Crippen molar-refractivity contribution in [3.05, 3.63) is 0 Å². The van der Waals surface area contributed by atoms with E-state index < -0.39 is 0 Å². The van der Waals surface area contributed by atoms with E-state index in [1.54, 1.807) is 0 Å². The first-order valence-electron chi connectivity index (χ1n) is 4.95. The largest absolute Gasteiger partial charge is 0.381 e. The van der Waals surface area contributed by atoms with E-state index in [0.717, 1.165) is 24.5 Å². The molecule has 2 aliphatic rings. The van der Waals surface area contributed by atoms with Crippen LogP contribution in [0, 0.1) is 11.3 Å². The maximum Gasteiger partial charge on any atom is 0.0499 e. The van der Waals surface area contributed by atoms with Gasteiger partial charge in [-0.3, -0.25) is 0 Å². The van der Waals surface area contributed by atoms with Crippen molar-refractivity contribution in [2.75, 3.05) is 13.2 Å². The quantitative estimate of drug-likeness (QED) is 0.567. The van der Waals surface area contributed by atoms with Gasteiger partial charge in [0.05, 0.1) is 0 Å². The first-order valence-corrected chi connectivity index (χ1v) is 4.95. The van der Waals surface area contributed by atoms with Crippen molar-refractivity contribution in [1.29, 1.82) is 0 Å². The van der Waals surface area contributed by atoms with Crippen molar-refractivity contribution in [3.63, 3.8) is 0 Å². The molecule has 2 rings (SSSR count). The van der Waals surface area contributed by atoms with Gasteiger partial charge in [-0.05, 0) is 24.2 Å². The highest BCUT2D eigenvalue weighted by Crippen LogP contribution is 2.59. The van der Waals surface area contributed by atoms with Crippen LogP contribution in [0.1, 0.15) is 40.0 Å². The van der Waals surface area contributed by atoms with E-state index in [9.17, 15) is 0 Å². The number of hydrogen-bond acceptors (Lipinski definition) is 1. The van der Waals surface area contributed by atoms with Crippen molar-refractivity contribution in [3.8, 4) is 0 Å². The molecule has 0 aromatic carbocycles. The lowest BCUT2D eigenvalue weighted by molar-refractivity contribution is 0.0603. The Bertz CT molecular complexity index is 122. The van der Waals surface area contributed by atoms with Gasteiger partial charge >= 0.3 is 0 Å². The van der Waals surface area contributed by atoms with Gasteiger partial charge in [0.15, 0.2) is 0 Å². The molecular weight excluding hydrogens is 136 g/mol. The Morgan fingerprint density at radius 3 is 2.64 bits per heavy atom. The summed E-state index contributed by atoms with van der Waals surface area (Å²) in [7, 11) is 0. The van der Waals surface area contributed by atoms with Crippen molar-refractivity contribution in [2.24, 2.45) is 11.3 Å².